The molecule has 20 heavy (non-hydrogen) atoms. The highest BCUT2D eigenvalue weighted by Crippen LogP contribution is 2.25. The SMILES string of the molecule is CCCNC(CC)C(C)c1nc2ccccc2cc1C. The largest absolute Gasteiger partial charge is 0.313 e. The van der Waals surface area contributed by atoms with Crippen molar-refractivity contribution in [1.29, 1.82) is 0 Å². The zero-order chi connectivity index (χ0) is 14.5. The van der Waals surface area contributed by atoms with Gasteiger partial charge in [0.15, 0.2) is 0 Å². The highest BCUT2D eigenvalue weighted by atomic mass is 14.9. The van der Waals surface area contributed by atoms with Crippen LogP contribution < -0.4 is 5.32 Å². The standard InChI is InChI=1S/C18H26N2/c1-5-11-19-16(6-2)14(4)18-13(3)12-15-9-7-8-10-17(15)20-18/h7-10,12,14,16,19H,5-6,11H2,1-4H3. The number of aromatic nitrogens is 1. The van der Waals surface area contributed by atoms with Crippen molar-refractivity contribution in [2.75, 3.05) is 6.54 Å². The summed E-state index contributed by atoms with van der Waals surface area (Å²) in [6.45, 7) is 10.0. The van der Waals surface area contributed by atoms with Gasteiger partial charge in [0.25, 0.3) is 0 Å². The number of para-hydroxylation sites is 1. The first-order valence-corrected chi connectivity index (χ1v) is 7.77. The van der Waals surface area contributed by atoms with Gasteiger partial charge in [-0.1, -0.05) is 39.0 Å². The Bertz CT molecular complexity index is 562. The van der Waals surface area contributed by atoms with Crippen LogP contribution in [0.5, 0.6) is 0 Å². The molecule has 0 bridgehead atoms. The van der Waals surface area contributed by atoms with Crippen molar-refractivity contribution in [2.24, 2.45) is 0 Å². The summed E-state index contributed by atoms with van der Waals surface area (Å²) in [4.78, 5) is 4.91. The van der Waals surface area contributed by atoms with Gasteiger partial charge in [-0.2, -0.15) is 0 Å². The third-order valence-corrected chi connectivity index (χ3v) is 4.08. The van der Waals surface area contributed by atoms with Gasteiger partial charge in [-0.25, -0.2) is 0 Å². The molecule has 108 valence electrons. The first-order chi connectivity index (χ1) is 9.67. The molecule has 2 nitrogen and oxygen atoms in total. The van der Waals surface area contributed by atoms with E-state index in [4.69, 9.17) is 4.98 Å². The normalized spacial score (nSPS) is 14.4. The molecule has 0 aliphatic carbocycles. The zero-order valence-electron chi connectivity index (χ0n) is 13.1. The smallest absolute Gasteiger partial charge is 0.0705 e. The van der Waals surface area contributed by atoms with Crippen LogP contribution in [-0.4, -0.2) is 17.6 Å². The van der Waals surface area contributed by atoms with Crippen LogP contribution >= 0.6 is 0 Å². The van der Waals surface area contributed by atoms with E-state index >= 15 is 0 Å². The predicted octanol–water partition coefficient (Wildman–Crippen LogP) is 4.42. The molecule has 2 heteroatoms. The van der Waals surface area contributed by atoms with Crippen LogP contribution in [0.15, 0.2) is 30.3 Å². The number of nitrogens with one attached hydrogen (secondary N) is 1. The van der Waals surface area contributed by atoms with Crippen molar-refractivity contribution in [3.63, 3.8) is 0 Å². The fraction of sp³-hybridized carbons (Fsp3) is 0.500. The van der Waals surface area contributed by atoms with E-state index in [-0.39, 0.29) is 0 Å². The minimum atomic E-state index is 0.441. The van der Waals surface area contributed by atoms with Gasteiger partial charge in [0, 0.05) is 23.0 Å². The van der Waals surface area contributed by atoms with Gasteiger partial charge < -0.3 is 5.32 Å². The van der Waals surface area contributed by atoms with E-state index in [9.17, 15) is 0 Å². The third-order valence-electron chi connectivity index (χ3n) is 4.08. The van der Waals surface area contributed by atoms with Gasteiger partial charge in [-0.05, 0) is 44.0 Å². The van der Waals surface area contributed by atoms with E-state index < -0.39 is 0 Å². The summed E-state index contributed by atoms with van der Waals surface area (Å²) in [5.74, 6) is 0.441. The van der Waals surface area contributed by atoms with Crippen LogP contribution in [0, 0.1) is 6.92 Å². The molecule has 0 aliphatic rings. The van der Waals surface area contributed by atoms with E-state index in [1.807, 2.05) is 0 Å². The molecule has 2 rings (SSSR count). The topological polar surface area (TPSA) is 24.9 Å². The molecule has 1 aromatic carbocycles. The van der Waals surface area contributed by atoms with Crippen LogP contribution in [0.2, 0.25) is 0 Å². The molecule has 2 atom stereocenters. The van der Waals surface area contributed by atoms with E-state index in [0.29, 0.717) is 12.0 Å². The second kappa shape index (κ2) is 6.85. The van der Waals surface area contributed by atoms with Gasteiger partial charge in [0.2, 0.25) is 0 Å². The summed E-state index contributed by atoms with van der Waals surface area (Å²) >= 11 is 0. The number of fused-ring (bicyclic) bond motifs is 1. The Kier molecular flexibility index (Phi) is 5.13. The lowest BCUT2D eigenvalue weighted by atomic mass is 9.92. The van der Waals surface area contributed by atoms with Gasteiger partial charge >= 0.3 is 0 Å². The molecule has 0 saturated heterocycles. The summed E-state index contributed by atoms with van der Waals surface area (Å²) in [6, 6.07) is 11.1. The molecule has 0 spiro atoms. The highest BCUT2D eigenvalue weighted by molar-refractivity contribution is 5.79. The molecule has 0 fully saturated rings. The Morgan fingerprint density at radius 2 is 1.95 bits per heavy atom. The second-order valence-corrected chi connectivity index (χ2v) is 5.64. The van der Waals surface area contributed by atoms with Crippen molar-refractivity contribution in [2.45, 2.75) is 52.5 Å². The van der Waals surface area contributed by atoms with E-state index in [0.717, 1.165) is 18.5 Å². The molecule has 1 heterocycles. The number of rotatable bonds is 6. The van der Waals surface area contributed by atoms with Crippen molar-refractivity contribution >= 4 is 10.9 Å². The van der Waals surface area contributed by atoms with Crippen LogP contribution in [-0.2, 0) is 0 Å². The highest BCUT2D eigenvalue weighted by Gasteiger charge is 2.19. The van der Waals surface area contributed by atoms with Crippen molar-refractivity contribution in [3.05, 3.63) is 41.6 Å². The summed E-state index contributed by atoms with van der Waals surface area (Å²) < 4.78 is 0. The Morgan fingerprint density at radius 3 is 2.65 bits per heavy atom. The Balaban J connectivity index is 2.32. The molecule has 0 amide bonds. The van der Waals surface area contributed by atoms with Gasteiger partial charge in [0.1, 0.15) is 0 Å². The van der Waals surface area contributed by atoms with Crippen molar-refractivity contribution in [3.8, 4) is 0 Å². The van der Waals surface area contributed by atoms with Crippen LogP contribution in [0.3, 0.4) is 0 Å². The number of nitrogens with zero attached hydrogens (tertiary/aromatic N) is 1. The van der Waals surface area contributed by atoms with Gasteiger partial charge in [-0.15, -0.1) is 0 Å². The van der Waals surface area contributed by atoms with Crippen LogP contribution in [0.1, 0.15) is 50.8 Å². The van der Waals surface area contributed by atoms with Crippen molar-refractivity contribution < 1.29 is 0 Å². The molecule has 0 aliphatic heterocycles. The maximum absolute atomic E-state index is 4.91. The summed E-state index contributed by atoms with van der Waals surface area (Å²) in [5, 5.41) is 4.88. The molecule has 0 saturated carbocycles. The molecule has 2 aromatic rings. The number of hydrogen-bond donors (Lipinski definition) is 1. The molecule has 2 unspecified atom stereocenters. The van der Waals surface area contributed by atoms with E-state index in [2.05, 4.69) is 63.3 Å². The number of hydrogen-bond acceptors (Lipinski definition) is 2. The van der Waals surface area contributed by atoms with E-state index in [1.54, 1.807) is 0 Å². The monoisotopic (exact) mass is 270 g/mol. The fourth-order valence-electron chi connectivity index (χ4n) is 2.89. The summed E-state index contributed by atoms with van der Waals surface area (Å²) in [5.41, 5.74) is 3.64. The maximum Gasteiger partial charge on any atom is 0.0705 e. The Hall–Kier alpha value is -1.41. The molecular weight excluding hydrogens is 244 g/mol. The molecular formula is C18H26N2. The molecule has 0 radical (unpaired) electrons. The fourth-order valence-corrected chi connectivity index (χ4v) is 2.89. The number of benzene rings is 1. The first kappa shape index (κ1) is 15.0. The lowest BCUT2D eigenvalue weighted by Gasteiger charge is -2.25. The summed E-state index contributed by atoms with van der Waals surface area (Å²) in [7, 11) is 0. The minimum Gasteiger partial charge on any atom is -0.313 e. The third kappa shape index (κ3) is 3.18. The quantitative estimate of drug-likeness (QED) is 0.840. The average Bonchev–Trinajstić information content (AvgIpc) is 2.47. The number of aryl methyl sites for hydroxylation is 1. The van der Waals surface area contributed by atoms with Crippen LogP contribution in [0.4, 0.5) is 0 Å². The van der Waals surface area contributed by atoms with E-state index in [1.165, 1.54) is 23.1 Å². The molecule has 1 aromatic heterocycles. The minimum absolute atomic E-state index is 0.441. The summed E-state index contributed by atoms with van der Waals surface area (Å²) in [6.07, 6.45) is 2.31. The van der Waals surface area contributed by atoms with Gasteiger partial charge in [-0.3, -0.25) is 4.98 Å². The lowest BCUT2D eigenvalue weighted by Crippen LogP contribution is -2.34. The first-order valence-electron chi connectivity index (χ1n) is 7.77. The second-order valence-electron chi connectivity index (χ2n) is 5.64. The van der Waals surface area contributed by atoms with Crippen molar-refractivity contribution in [1.82, 2.24) is 10.3 Å². The van der Waals surface area contributed by atoms with Crippen LogP contribution in [0.25, 0.3) is 10.9 Å². The Labute approximate surface area is 122 Å². The zero-order valence-corrected chi connectivity index (χ0v) is 13.1. The number of pyridine rings is 1. The predicted molar refractivity (Wildman–Crippen MR) is 87.3 cm³/mol. The average molecular weight is 270 g/mol. The lowest BCUT2D eigenvalue weighted by molar-refractivity contribution is 0.432. The van der Waals surface area contributed by atoms with Gasteiger partial charge in [0.05, 0.1) is 5.52 Å². The maximum atomic E-state index is 4.91. The molecule has 1 N–H and O–H groups in total. The Morgan fingerprint density at radius 1 is 1.20 bits per heavy atom.